The van der Waals surface area contributed by atoms with Gasteiger partial charge in [-0.25, -0.2) is 9.37 Å². The van der Waals surface area contributed by atoms with E-state index in [1.54, 1.807) is 42.5 Å². The van der Waals surface area contributed by atoms with Gasteiger partial charge in [-0.3, -0.25) is 4.99 Å². The van der Waals surface area contributed by atoms with Crippen molar-refractivity contribution in [2.45, 2.75) is 24.6 Å². The van der Waals surface area contributed by atoms with E-state index in [9.17, 15) is 4.39 Å². The molecule has 24 heavy (non-hydrogen) atoms. The Labute approximate surface area is 145 Å². The molecule has 1 unspecified atom stereocenters. The van der Waals surface area contributed by atoms with E-state index >= 15 is 0 Å². The third-order valence-corrected chi connectivity index (χ3v) is 5.40. The molecule has 1 fully saturated rings. The number of nitrogens with zero attached hydrogens (tertiary/aromatic N) is 3. The molecule has 0 saturated carbocycles. The highest BCUT2D eigenvalue weighted by Gasteiger charge is 2.15. The molecule has 3 rings (SSSR count). The number of thioether (sulfide) groups is 1. The van der Waals surface area contributed by atoms with Crippen LogP contribution in [-0.2, 0) is 6.54 Å². The van der Waals surface area contributed by atoms with Crippen molar-refractivity contribution < 1.29 is 4.39 Å². The summed E-state index contributed by atoms with van der Waals surface area (Å²) in [6, 6.07) is 5.22. The van der Waals surface area contributed by atoms with Crippen LogP contribution in [0, 0.1) is 5.82 Å². The van der Waals surface area contributed by atoms with Crippen molar-refractivity contribution in [3.05, 3.63) is 48.3 Å². The second-order valence-corrected chi connectivity index (χ2v) is 7.11. The number of hydrogen-bond acceptors (Lipinski definition) is 3. The standard InChI is InChI=1S/C17H22FN5S/c1-19-17(22-11-14-3-2-8-24-14)21-10-13-4-5-16(15(18)9-13)23-7-6-20-12-23/h4-7,9,12,14H,2-3,8,10-11H2,1H3,(H2,19,21,22). The molecule has 7 heteroatoms. The number of imidazole rings is 1. The second-order valence-electron chi connectivity index (χ2n) is 5.70. The van der Waals surface area contributed by atoms with E-state index in [1.807, 2.05) is 17.8 Å². The molecule has 1 aromatic heterocycles. The SMILES string of the molecule is CN=C(NCc1ccc(-n2ccnc2)c(F)c1)NCC1CCCS1. The van der Waals surface area contributed by atoms with Crippen LogP contribution in [-0.4, -0.2) is 40.1 Å². The van der Waals surface area contributed by atoms with Crippen molar-refractivity contribution in [2.75, 3.05) is 19.3 Å². The first-order valence-electron chi connectivity index (χ1n) is 8.09. The third kappa shape index (κ3) is 4.29. The minimum Gasteiger partial charge on any atom is -0.355 e. The number of halogens is 1. The van der Waals surface area contributed by atoms with Crippen LogP contribution in [0.3, 0.4) is 0 Å². The topological polar surface area (TPSA) is 54.2 Å². The maximum absolute atomic E-state index is 14.2. The highest BCUT2D eigenvalue weighted by Crippen LogP contribution is 2.25. The Hall–Kier alpha value is -2.02. The first kappa shape index (κ1) is 16.8. The molecule has 0 radical (unpaired) electrons. The number of hydrogen-bond donors (Lipinski definition) is 2. The molecular formula is C17H22FN5S. The van der Waals surface area contributed by atoms with Crippen LogP contribution in [0.5, 0.6) is 0 Å². The quantitative estimate of drug-likeness (QED) is 0.645. The van der Waals surface area contributed by atoms with Crippen molar-refractivity contribution in [2.24, 2.45) is 4.99 Å². The van der Waals surface area contributed by atoms with E-state index in [2.05, 4.69) is 20.6 Å². The van der Waals surface area contributed by atoms with E-state index in [0.29, 0.717) is 17.5 Å². The molecule has 2 aromatic rings. The Morgan fingerprint density at radius 3 is 3.04 bits per heavy atom. The van der Waals surface area contributed by atoms with Crippen LogP contribution >= 0.6 is 11.8 Å². The monoisotopic (exact) mass is 347 g/mol. The minimum atomic E-state index is -0.266. The summed E-state index contributed by atoms with van der Waals surface area (Å²) in [7, 11) is 1.75. The van der Waals surface area contributed by atoms with Gasteiger partial charge in [0.1, 0.15) is 5.82 Å². The Morgan fingerprint density at radius 2 is 2.38 bits per heavy atom. The highest BCUT2D eigenvalue weighted by atomic mass is 32.2. The van der Waals surface area contributed by atoms with Gasteiger partial charge in [0.15, 0.2) is 5.96 Å². The summed E-state index contributed by atoms with van der Waals surface area (Å²) in [6.45, 7) is 1.44. The van der Waals surface area contributed by atoms with Crippen molar-refractivity contribution in [3.63, 3.8) is 0 Å². The lowest BCUT2D eigenvalue weighted by Gasteiger charge is -2.15. The predicted octanol–water partition coefficient (Wildman–Crippen LogP) is 2.57. The van der Waals surface area contributed by atoms with Gasteiger partial charge in [0, 0.05) is 37.8 Å². The summed E-state index contributed by atoms with van der Waals surface area (Å²) in [5.74, 6) is 1.74. The van der Waals surface area contributed by atoms with Gasteiger partial charge in [-0.15, -0.1) is 0 Å². The van der Waals surface area contributed by atoms with Gasteiger partial charge in [-0.05, 0) is 36.3 Å². The number of guanidine groups is 1. The fraction of sp³-hybridized carbons (Fsp3) is 0.412. The molecule has 1 atom stereocenters. The van der Waals surface area contributed by atoms with Crippen LogP contribution in [0.25, 0.3) is 5.69 Å². The summed E-state index contributed by atoms with van der Waals surface area (Å²) in [6.07, 6.45) is 7.50. The van der Waals surface area contributed by atoms with Gasteiger partial charge in [0.05, 0.1) is 12.0 Å². The van der Waals surface area contributed by atoms with Gasteiger partial charge in [-0.1, -0.05) is 6.07 Å². The molecule has 0 bridgehead atoms. The summed E-state index contributed by atoms with van der Waals surface area (Å²) in [5, 5.41) is 7.24. The zero-order valence-electron chi connectivity index (χ0n) is 13.7. The highest BCUT2D eigenvalue weighted by molar-refractivity contribution is 8.00. The zero-order chi connectivity index (χ0) is 16.8. The van der Waals surface area contributed by atoms with Crippen LogP contribution in [0.15, 0.2) is 41.9 Å². The molecule has 2 N–H and O–H groups in total. The Bertz CT molecular complexity index is 680. The lowest BCUT2D eigenvalue weighted by Crippen LogP contribution is -2.39. The summed E-state index contributed by atoms with van der Waals surface area (Å²) in [5.41, 5.74) is 1.37. The van der Waals surface area contributed by atoms with Crippen molar-refractivity contribution >= 4 is 17.7 Å². The number of aromatic nitrogens is 2. The normalized spacial score (nSPS) is 17.9. The molecule has 128 valence electrons. The number of rotatable bonds is 5. The predicted molar refractivity (Wildman–Crippen MR) is 97.2 cm³/mol. The minimum absolute atomic E-state index is 0.266. The average Bonchev–Trinajstić information content (AvgIpc) is 3.29. The van der Waals surface area contributed by atoms with Gasteiger partial charge >= 0.3 is 0 Å². The fourth-order valence-corrected chi connectivity index (χ4v) is 3.89. The number of nitrogens with one attached hydrogen (secondary N) is 2. The summed E-state index contributed by atoms with van der Waals surface area (Å²) in [4.78, 5) is 8.17. The Morgan fingerprint density at radius 1 is 1.46 bits per heavy atom. The third-order valence-electron chi connectivity index (χ3n) is 4.00. The van der Waals surface area contributed by atoms with Crippen LogP contribution < -0.4 is 10.6 Å². The molecule has 5 nitrogen and oxygen atoms in total. The summed E-state index contributed by atoms with van der Waals surface area (Å²) < 4.78 is 15.9. The molecule has 0 spiro atoms. The summed E-state index contributed by atoms with van der Waals surface area (Å²) >= 11 is 2.01. The molecule has 0 aliphatic carbocycles. The largest absolute Gasteiger partial charge is 0.355 e. The molecule has 2 heterocycles. The fourth-order valence-electron chi connectivity index (χ4n) is 2.69. The van der Waals surface area contributed by atoms with E-state index < -0.39 is 0 Å². The maximum atomic E-state index is 14.2. The van der Waals surface area contributed by atoms with Gasteiger partial charge in [0.25, 0.3) is 0 Å². The van der Waals surface area contributed by atoms with E-state index in [1.165, 1.54) is 18.6 Å². The molecule has 1 aliphatic heterocycles. The Kier molecular flexibility index (Phi) is 5.74. The number of aliphatic imine (C=N–C) groups is 1. The zero-order valence-corrected chi connectivity index (χ0v) is 14.5. The van der Waals surface area contributed by atoms with Crippen LogP contribution in [0.4, 0.5) is 4.39 Å². The van der Waals surface area contributed by atoms with E-state index in [4.69, 9.17) is 0 Å². The van der Waals surface area contributed by atoms with Crippen molar-refractivity contribution in [1.82, 2.24) is 20.2 Å². The number of benzene rings is 1. The van der Waals surface area contributed by atoms with Gasteiger partial charge in [-0.2, -0.15) is 11.8 Å². The lowest BCUT2D eigenvalue weighted by atomic mass is 10.2. The second kappa shape index (κ2) is 8.19. The maximum Gasteiger partial charge on any atom is 0.191 e. The van der Waals surface area contributed by atoms with Crippen molar-refractivity contribution in [3.8, 4) is 5.69 Å². The Balaban J connectivity index is 1.54. The van der Waals surface area contributed by atoms with Crippen molar-refractivity contribution in [1.29, 1.82) is 0 Å². The average molecular weight is 347 g/mol. The molecule has 0 amide bonds. The molecule has 1 saturated heterocycles. The van der Waals surface area contributed by atoms with E-state index in [0.717, 1.165) is 18.1 Å². The van der Waals surface area contributed by atoms with Gasteiger partial charge < -0.3 is 15.2 Å². The van der Waals surface area contributed by atoms with E-state index in [-0.39, 0.29) is 5.82 Å². The first-order chi connectivity index (χ1) is 11.8. The lowest BCUT2D eigenvalue weighted by molar-refractivity contribution is 0.614. The van der Waals surface area contributed by atoms with Crippen LogP contribution in [0.1, 0.15) is 18.4 Å². The first-order valence-corrected chi connectivity index (χ1v) is 9.14. The molecular weight excluding hydrogens is 325 g/mol. The van der Waals surface area contributed by atoms with Crippen LogP contribution in [0.2, 0.25) is 0 Å². The smallest absolute Gasteiger partial charge is 0.191 e. The molecule has 1 aromatic carbocycles. The van der Waals surface area contributed by atoms with Gasteiger partial charge in [0.2, 0.25) is 0 Å². The molecule has 1 aliphatic rings.